The molecule has 0 aliphatic heterocycles. The van der Waals surface area contributed by atoms with Crippen LogP contribution in [0.3, 0.4) is 0 Å². The Morgan fingerprint density at radius 3 is 2.43 bits per heavy atom. The van der Waals surface area contributed by atoms with E-state index in [1.807, 2.05) is 30.3 Å². The van der Waals surface area contributed by atoms with Gasteiger partial charge in [0.2, 0.25) is 0 Å². The Morgan fingerprint density at radius 1 is 1.36 bits per heavy atom. The minimum absolute atomic E-state index is 0. The zero-order valence-electron chi connectivity index (χ0n) is 7.72. The molecular weight excluding hydrogens is 202 g/mol. The van der Waals surface area contributed by atoms with Crippen LogP contribution in [0.25, 0.3) is 0 Å². The summed E-state index contributed by atoms with van der Waals surface area (Å²) < 4.78 is 0. The van der Waals surface area contributed by atoms with Gasteiger partial charge in [0.1, 0.15) is 6.04 Å². The van der Waals surface area contributed by atoms with E-state index in [1.165, 1.54) is 0 Å². The van der Waals surface area contributed by atoms with Crippen LogP contribution >= 0.6 is 12.4 Å². The molecule has 0 spiro atoms. The number of carboxylic acids is 1. The van der Waals surface area contributed by atoms with Gasteiger partial charge in [-0.2, -0.15) is 0 Å². The van der Waals surface area contributed by atoms with Crippen LogP contribution in [-0.4, -0.2) is 17.1 Å². The van der Waals surface area contributed by atoms with Crippen LogP contribution in [0.5, 0.6) is 0 Å². The highest BCUT2D eigenvalue weighted by Gasteiger charge is 2.10. The molecule has 1 atom stereocenters. The van der Waals surface area contributed by atoms with Gasteiger partial charge in [0, 0.05) is 0 Å². The van der Waals surface area contributed by atoms with Crippen molar-refractivity contribution in [2.75, 3.05) is 0 Å². The zero-order chi connectivity index (χ0) is 9.68. The molecule has 0 heterocycles. The van der Waals surface area contributed by atoms with E-state index in [2.05, 4.69) is 0 Å². The Hall–Kier alpha value is -1.06. The number of rotatable bonds is 4. The molecule has 0 fully saturated rings. The van der Waals surface area contributed by atoms with E-state index in [9.17, 15) is 4.79 Å². The van der Waals surface area contributed by atoms with Crippen LogP contribution in [0, 0.1) is 0 Å². The summed E-state index contributed by atoms with van der Waals surface area (Å²) in [6, 6.07) is 8.98. The van der Waals surface area contributed by atoms with Gasteiger partial charge in [0.25, 0.3) is 0 Å². The lowest BCUT2D eigenvalue weighted by Gasteiger charge is -2.05. The van der Waals surface area contributed by atoms with Gasteiger partial charge in [-0.3, -0.25) is 4.79 Å². The lowest BCUT2D eigenvalue weighted by Crippen LogP contribution is -2.30. The van der Waals surface area contributed by atoms with Gasteiger partial charge in [-0.15, -0.1) is 12.4 Å². The molecule has 1 rings (SSSR count). The Labute approximate surface area is 89.3 Å². The second kappa shape index (κ2) is 6.40. The fourth-order valence-electron chi connectivity index (χ4n) is 1.09. The van der Waals surface area contributed by atoms with Gasteiger partial charge in [-0.1, -0.05) is 30.3 Å². The number of hydrogen-bond donors (Lipinski definition) is 2. The topological polar surface area (TPSA) is 63.3 Å². The van der Waals surface area contributed by atoms with Crippen molar-refractivity contribution in [3.05, 3.63) is 35.9 Å². The average molecular weight is 216 g/mol. The van der Waals surface area contributed by atoms with E-state index in [0.29, 0.717) is 12.8 Å². The third-order valence-electron chi connectivity index (χ3n) is 1.90. The van der Waals surface area contributed by atoms with Crippen molar-refractivity contribution < 1.29 is 9.90 Å². The molecule has 0 aliphatic carbocycles. The van der Waals surface area contributed by atoms with Gasteiger partial charge in [0.15, 0.2) is 0 Å². The van der Waals surface area contributed by atoms with Crippen molar-refractivity contribution in [1.82, 2.24) is 0 Å². The number of carboxylic acid groups (broad SMARTS) is 1. The number of halogens is 1. The fraction of sp³-hybridized carbons (Fsp3) is 0.300. The summed E-state index contributed by atoms with van der Waals surface area (Å²) in [5.74, 6) is -0.934. The summed E-state index contributed by atoms with van der Waals surface area (Å²) in [5.41, 5.74) is 6.49. The van der Waals surface area contributed by atoms with Crippen molar-refractivity contribution >= 4 is 18.4 Å². The molecule has 0 aromatic heterocycles. The van der Waals surface area contributed by atoms with Crippen molar-refractivity contribution in [2.45, 2.75) is 18.9 Å². The largest absolute Gasteiger partial charge is 0.480 e. The molecule has 1 unspecified atom stereocenters. The molecule has 0 amide bonds. The third-order valence-corrected chi connectivity index (χ3v) is 1.90. The molecule has 78 valence electrons. The van der Waals surface area contributed by atoms with Crippen LogP contribution in [0.4, 0.5) is 0 Å². The molecule has 14 heavy (non-hydrogen) atoms. The first-order chi connectivity index (χ1) is 6.20. The standard InChI is InChI=1S/C10H13NO2.ClH/c11-9(10(12)13)7-6-8-4-2-1-3-5-8;/h1-5,9H,6-7,11H2,(H,12,13);1H. The molecular formula is C10H14ClNO2. The van der Waals surface area contributed by atoms with Gasteiger partial charge < -0.3 is 10.8 Å². The highest BCUT2D eigenvalue weighted by atomic mass is 35.5. The molecule has 3 N–H and O–H groups in total. The first-order valence-corrected chi connectivity index (χ1v) is 4.22. The number of aliphatic carboxylic acids is 1. The van der Waals surface area contributed by atoms with Crippen LogP contribution in [0.15, 0.2) is 30.3 Å². The Morgan fingerprint density at radius 2 is 1.93 bits per heavy atom. The molecule has 0 aliphatic rings. The Kier molecular flexibility index (Phi) is 5.92. The average Bonchev–Trinajstić information content (AvgIpc) is 2.15. The lowest BCUT2D eigenvalue weighted by atomic mass is 10.1. The summed E-state index contributed by atoms with van der Waals surface area (Å²) in [4.78, 5) is 10.4. The van der Waals surface area contributed by atoms with Crippen molar-refractivity contribution in [3.8, 4) is 0 Å². The normalized spacial score (nSPS) is 11.5. The fourth-order valence-corrected chi connectivity index (χ4v) is 1.09. The smallest absolute Gasteiger partial charge is 0.320 e. The lowest BCUT2D eigenvalue weighted by molar-refractivity contribution is -0.138. The number of aryl methyl sites for hydroxylation is 1. The van der Waals surface area contributed by atoms with E-state index in [-0.39, 0.29) is 12.4 Å². The van der Waals surface area contributed by atoms with Gasteiger partial charge in [0.05, 0.1) is 0 Å². The first-order valence-electron chi connectivity index (χ1n) is 4.22. The zero-order valence-corrected chi connectivity index (χ0v) is 8.54. The van der Waals surface area contributed by atoms with E-state index in [1.54, 1.807) is 0 Å². The third kappa shape index (κ3) is 4.25. The van der Waals surface area contributed by atoms with Gasteiger partial charge in [-0.05, 0) is 18.4 Å². The number of nitrogens with two attached hydrogens (primary N) is 1. The number of benzene rings is 1. The van der Waals surface area contributed by atoms with Crippen LogP contribution in [0.2, 0.25) is 0 Å². The molecule has 0 radical (unpaired) electrons. The van der Waals surface area contributed by atoms with E-state index in [0.717, 1.165) is 5.56 Å². The molecule has 0 saturated heterocycles. The van der Waals surface area contributed by atoms with Crippen LogP contribution < -0.4 is 5.73 Å². The maximum Gasteiger partial charge on any atom is 0.320 e. The molecule has 3 nitrogen and oxygen atoms in total. The molecule has 0 saturated carbocycles. The quantitative estimate of drug-likeness (QED) is 0.799. The molecule has 0 bridgehead atoms. The summed E-state index contributed by atoms with van der Waals surface area (Å²) in [5, 5.41) is 8.54. The maximum absolute atomic E-state index is 10.4. The summed E-state index contributed by atoms with van der Waals surface area (Å²) in [6.07, 6.45) is 1.20. The van der Waals surface area contributed by atoms with E-state index in [4.69, 9.17) is 10.8 Å². The minimum Gasteiger partial charge on any atom is -0.480 e. The molecule has 4 heteroatoms. The van der Waals surface area contributed by atoms with E-state index >= 15 is 0 Å². The Bertz CT molecular complexity index is 277. The number of hydrogen-bond acceptors (Lipinski definition) is 2. The Balaban J connectivity index is 0.00000169. The predicted octanol–water partition coefficient (Wildman–Crippen LogP) is 1.45. The van der Waals surface area contributed by atoms with Crippen molar-refractivity contribution in [3.63, 3.8) is 0 Å². The second-order valence-corrected chi connectivity index (χ2v) is 2.97. The predicted molar refractivity (Wildman–Crippen MR) is 57.6 cm³/mol. The SMILES string of the molecule is Cl.NC(CCc1ccccc1)C(=O)O. The first kappa shape index (κ1) is 12.9. The van der Waals surface area contributed by atoms with Crippen LogP contribution in [0.1, 0.15) is 12.0 Å². The summed E-state index contributed by atoms with van der Waals surface area (Å²) >= 11 is 0. The number of carbonyl (C=O) groups is 1. The monoisotopic (exact) mass is 215 g/mol. The molecule has 1 aromatic rings. The summed E-state index contributed by atoms with van der Waals surface area (Å²) in [7, 11) is 0. The van der Waals surface area contributed by atoms with Gasteiger partial charge >= 0.3 is 5.97 Å². The molecule has 1 aromatic carbocycles. The van der Waals surface area contributed by atoms with Crippen LogP contribution in [-0.2, 0) is 11.2 Å². The maximum atomic E-state index is 10.4. The van der Waals surface area contributed by atoms with Gasteiger partial charge in [-0.25, -0.2) is 0 Å². The highest BCUT2D eigenvalue weighted by Crippen LogP contribution is 2.03. The van der Waals surface area contributed by atoms with Crippen molar-refractivity contribution in [1.29, 1.82) is 0 Å². The van der Waals surface area contributed by atoms with E-state index < -0.39 is 12.0 Å². The highest BCUT2D eigenvalue weighted by molar-refractivity contribution is 5.85. The minimum atomic E-state index is -0.934. The second-order valence-electron chi connectivity index (χ2n) is 2.97. The van der Waals surface area contributed by atoms with Crippen molar-refractivity contribution in [2.24, 2.45) is 5.73 Å². The summed E-state index contributed by atoms with van der Waals surface area (Å²) in [6.45, 7) is 0.